The first-order valence-electron chi connectivity index (χ1n) is 7.02. The average Bonchev–Trinajstić information content (AvgIpc) is 2.60. The van der Waals surface area contributed by atoms with E-state index in [0.29, 0.717) is 16.5 Å². The Morgan fingerprint density at radius 1 is 1.08 bits per heavy atom. The molecule has 24 heavy (non-hydrogen) atoms. The van der Waals surface area contributed by atoms with Crippen molar-refractivity contribution in [3.05, 3.63) is 70.8 Å². The molecule has 0 fully saturated rings. The molecule has 0 aliphatic carbocycles. The molecule has 5 heteroatoms. The molecule has 0 radical (unpaired) electrons. The van der Waals surface area contributed by atoms with E-state index in [9.17, 15) is 4.79 Å². The minimum absolute atomic E-state index is 0.303. The summed E-state index contributed by atoms with van der Waals surface area (Å²) in [6, 6.07) is 14.0. The third-order valence-corrected chi connectivity index (χ3v) is 3.28. The van der Waals surface area contributed by atoms with Crippen molar-refractivity contribution in [3.63, 3.8) is 0 Å². The van der Waals surface area contributed by atoms with E-state index in [1.165, 1.54) is 19.3 Å². The van der Waals surface area contributed by atoms with Gasteiger partial charge in [-0.1, -0.05) is 29.8 Å². The summed E-state index contributed by atoms with van der Waals surface area (Å²) < 4.78 is 10.5. The largest absolute Gasteiger partial charge is 0.493 e. The fourth-order valence-electron chi connectivity index (χ4n) is 1.89. The van der Waals surface area contributed by atoms with Crippen LogP contribution in [0.15, 0.2) is 54.6 Å². The van der Waals surface area contributed by atoms with E-state index >= 15 is 0 Å². The van der Waals surface area contributed by atoms with E-state index in [4.69, 9.17) is 26.3 Å². The maximum atomic E-state index is 11.9. The van der Waals surface area contributed by atoms with Gasteiger partial charge < -0.3 is 9.47 Å². The van der Waals surface area contributed by atoms with Crippen molar-refractivity contribution in [2.45, 2.75) is 0 Å². The Morgan fingerprint density at radius 2 is 1.79 bits per heavy atom. The number of carbonyl (C=O) groups excluding carboxylic acids is 1. The zero-order valence-electron chi connectivity index (χ0n) is 12.9. The van der Waals surface area contributed by atoms with Gasteiger partial charge in [-0.15, -0.1) is 0 Å². The van der Waals surface area contributed by atoms with Crippen molar-refractivity contribution >= 4 is 29.7 Å². The van der Waals surface area contributed by atoms with Crippen LogP contribution in [0.2, 0.25) is 5.02 Å². The number of carbonyl (C=O) groups is 1. The van der Waals surface area contributed by atoms with Gasteiger partial charge in [-0.25, -0.2) is 4.79 Å². The first kappa shape index (κ1) is 17.3. The van der Waals surface area contributed by atoms with Gasteiger partial charge in [0, 0.05) is 17.2 Å². The number of hydrogen-bond donors (Lipinski definition) is 0. The Hall–Kier alpha value is -3.03. The fourth-order valence-corrected chi connectivity index (χ4v) is 2.01. The van der Waals surface area contributed by atoms with Gasteiger partial charge in [0.2, 0.25) is 0 Å². The molecule has 0 aliphatic heterocycles. The average molecular weight is 340 g/mol. The van der Waals surface area contributed by atoms with Gasteiger partial charge in [0.05, 0.1) is 13.2 Å². The molecule has 0 aromatic heterocycles. The Kier molecular flexibility index (Phi) is 6.18. The number of halogens is 1. The minimum atomic E-state index is -0.524. The van der Waals surface area contributed by atoms with E-state index in [2.05, 4.69) is 0 Å². The number of methoxy groups -OCH3 is 1. The third-order valence-electron chi connectivity index (χ3n) is 3.03. The number of ether oxygens (including phenoxy) is 2. The Morgan fingerprint density at radius 3 is 2.46 bits per heavy atom. The lowest BCUT2D eigenvalue weighted by Crippen LogP contribution is -2.05. The second-order valence-electron chi connectivity index (χ2n) is 4.68. The SMILES string of the molecule is COc1cc(/C=C\C#N)ccc1OC(=O)/C=C/c1ccc(Cl)cc1. The number of nitrogens with zero attached hydrogens (tertiary/aromatic N) is 1. The smallest absolute Gasteiger partial charge is 0.336 e. The summed E-state index contributed by atoms with van der Waals surface area (Å²) in [6.07, 6.45) is 5.95. The highest BCUT2D eigenvalue weighted by molar-refractivity contribution is 6.30. The van der Waals surface area contributed by atoms with Gasteiger partial charge in [-0.3, -0.25) is 0 Å². The molecule has 2 aromatic carbocycles. The van der Waals surface area contributed by atoms with Gasteiger partial charge >= 0.3 is 5.97 Å². The number of rotatable bonds is 5. The summed E-state index contributed by atoms with van der Waals surface area (Å²) in [7, 11) is 1.48. The summed E-state index contributed by atoms with van der Waals surface area (Å²) in [5.74, 6) is 0.185. The van der Waals surface area contributed by atoms with Crippen LogP contribution < -0.4 is 9.47 Å². The van der Waals surface area contributed by atoms with Crippen molar-refractivity contribution < 1.29 is 14.3 Å². The second-order valence-corrected chi connectivity index (χ2v) is 5.12. The predicted molar refractivity (Wildman–Crippen MR) is 93.8 cm³/mol. The highest BCUT2D eigenvalue weighted by atomic mass is 35.5. The van der Waals surface area contributed by atoms with E-state index in [1.807, 2.05) is 6.07 Å². The molecule has 0 aliphatic rings. The molecular weight excluding hydrogens is 326 g/mol. The number of allylic oxidation sites excluding steroid dienone is 1. The highest BCUT2D eigenvalue weighted by Gasteiger charge is 2.08. The van der Waals surface area contributed by atoms with Crippen molar-refractivity contribution in [2.24, 2.45) is 0 Å². The van der Waals surface area contributed by atoms with Gasteiger partial charge in [-0.2, -0.15) is 5.26 Å². The Balaban J connectivity index is 2.09. The molecule has 0 atom stereocenters. The molecule has 0 heterocycles. The summed E-state index contributed by atoms with van der Waals surface area (Å²) in [5, 5.41) is 9.17. The molecule has 2 rings (SSSR count). The van der Waals surface area contributed by atoms with Crippen LogP contribution in [0.5, 0.6) is 11.5 Å². The van der Waals surface area contributed by atoms with Gasteiger partial charge in [0.1, 0.15) is 0 Å². The molecule has 0 spiro atoms. The molecule has 0 amide bonds. The molecule has 120 valence electrons. The van der Waals surface area contributed by atoms with Crippen LogP contribution in [-0.2, 0) is 4.79 Å². The van der Waals surface area contributed by atoms with Crippen molar-refractivity contribution in [2.75, 3.05) is 7.11 Å². The number of benzene rings is 2. The quantitative estimate of drug-likeness (QED) is 0.348. The van der Waals surface area contributed by atoms with Crippen LogP contribution in [0.25, 0.3) is 12.2 Å². The van der Waals surface area contributed by atoms with Crippen LogP contribution in [0.4, 0.5) is 0 Å². The maximum absolute atomic E-state index is 11.9. The molecule has 0 bridgehead atoms. The van der Waals surface area contributed by atoms with Gasteiger partial charge in [0.15, 0.2) is 11.5 Å². The topological polar surface area (TPSA) is 59.3 Å². The normalized spacial score (nSPS) is 10.7. The van der Waals surface area contributed by atoms with Gasteiger partial charge in [-0.05, 0) is 47.5 Å². The van der Waals surface area contributed by atoms with Crippen LogP contribution in [0.1, 0.15) is 11.1 Å². The standard InChI is InChI=1S/C19H14ClNO3/c1-23-18-13-15(3-2-12-21)6-10-17(18)24-19(22)11-7-14-4-8-16(20)9-5-14/h2-11,13H,1H3/b3-2-,11-7+. The first-order valence-corrected chi connectivity index (χ1v) is 7.40. The van der Waals surface area contributed by atoms with E-state index in [-0.39, 0.29) is 0 Å². The summed E-state index contributed by atoms with van der Waals surface area (Å²) in [4.78, 5) is 11.9. The minimum Gasteiger partial charge on any atom is -0.493 e. The molecule has 2 aromatic rings. The highest BCUT2D eigenvalue weighted by Crippen LogP contribution is 2.28. The number of nitriles is 1. The number of esters is 1. The predicted octanol–water partition coefficient (Wildman–Crippen LogP) is 4.50. The number of hydrogen-bond acceptors (Lipinski definition) is 4. The lowest BCUT2D eigenvalue weighted by molar-refractivity contribution is -0.129. The zero-order valence-corrected chi connectivity index (χ0v) is 13.7. The van der Waals surface area contributed by atoms with Crippen LogP contribution >= 0.6 is 11.6 Å². The Labute approximate surface area is 145 Å². The van der Waals surface area contributed by atoms with Crippen LogP contribution in [-0.4, -0.2) is 13.1 Å². The lowest BCUT2D eigenvalue weighted by Gasteiger charge is -2.08. The maximum Gasteiger partial charge on any atom is 0.336 e. The van der Waals surface area contributed by atoms with Crippen LogP contribution in [0.3, 0.4) is 0 Å². The van der Waals surface area contributed by atoms with Crippen LogP contribution in [0, 0.1) is 11.3 Å². The van der Waals surface area contributed by atoms with E-state index < -0.39 is 5.97 Å². The van der Waals surface area contributed by atoms with Crippen molar-refractivity contribution in [3.8, 4) is 17.6 Å². The lowest BCUT2D eigenvalue weighted by atomic mass is 10.2. The first-order chi connectivity index (χ1) is 11.6. The third kappa shape index (κ3) is 5.01. The monoisotopic (exact) mass is 339 g/mol. The zero-order chi connectivity index (χ0) is 17.4. The Bertz CT molecular complexity index is 817. The summed E-state index contributed by atoms with van der Waals surface area (Å²) >= 11 is 5.81. The fraction of sp³-hybridized carbons (Fsp3) is 0.0526. The molecular formula is C19H14ClNO3. The summed E-state index contributed by atoms with van der Waals surface area (Å²) in [6.45, 7) is 0. The van der Waals surface area contributed by atoms with E-state index in [1.54, 1.807) is 54.6 Å². The van der Waals surface area contributed by atoms with E-state index in [0.717, 1.165) is 11.1 Å². The van der Waals surface area contributed by atoms with Crippen molar-refractivity contribution in [1.29, 1.82) is 5.26 Å². The molecule has 0 saturated heterocycles. The summed E-state index contributed by atoms with van der Waals surface area (Å²) in [5.41, 5.74) is 1.60. The molecule has 0 unspecified atom stereocenters. The second kappa shape index (κ2) is 8.56. The van der Waals surface area contributed by atoms with Crippen molar-refractivity contribution in [1.82, 2.24) is 0 Å². The molecule has 0 saturated carbocycles. The van der Waals surface area contributed by atoms with Gasteiger partial charge in [0.25, 0.3) is 0 Å². The molecule has 4 nitrogen and oxygen atoms in total. The molecule has 0 N–H and O–H groups in total.